The van der Waals surface area contributed by atoms with Gasteiger partial charge in [0.15, 0.2) is 0 Å². The van der Waals surface area contributed by atoms with Gasteiger partial charge in [0.25, 0.3) is 0 Å². The van der Waals surface area contributed by atoms with E-state index in [0.29, 0.717) is 0 Å². The van der Waals surface area contributed by atoms with Gasteiger partial charge in [-0.05, 0) is 39.1 Å². The van der Waals surface area contributed by atoms with E-state index < -0.39 is 0 Å². The van der Waals surface area contributed by atoms with E-state index in [-0.39, 0.29) is 18.0 Å². The van der Waals surface area contributed by atoms with Crippen LogP contribution in [0.3, 0.4) is 0 Å². The van der Waals surface area contributed by atoms with Crippen LogP contribution in [0.5, 0.6) is 0 Å². The molecule has 2 rings (SSSR count). The number of nitrogens with two attached hydrogens (primary N) is 1. The van der Waals surface area contributed by atoms with Crippen molar-refractivity contribution in [1.29, 1.82) is 0 Å². The van der Waals surface area contributed by atoms with Crippen molar-refractivity contribution in [2.45, 2.75) is 25.4 Å². The average Bonchev–Trinajstić information content (AvgIpc) is 2.69. The number of carbonyl (C=O) groups excluding carboxylic acids is 1. The minimum atomic E-state index is -0.340. The van der Waals surface area contributed by atoms with Gasteiger partial charge < -0.3 is 15.5 Å². The van der Waals surface area contributed by atoms with Crippen LogP contribution in [0.1, 0.15) is 24.9 Å². The minimum Gasteiger partial charge on any atom is -0.320 e. The summed E-state index contributed by atoms with van der Waals surface area (Å²) in [6.07, 6.45) is 0.740. The molecule has 1 aromatic rings. The first-order valence-corrected chi connectivity index (χ1v) is 6.34. The van der Waals surface area contributed by atoms with Crippen molar-refractivity contribution >= 4 is 11.6 Å². The van der Waals surface area contributed by atoms with E-state index in [1.165, 1.54) is 5.56 Å². The molecule has 0 radical (unpaired) electrons. The van der Waals surface area contributed by atoms with Gasteiger partial charge >= 0.3 is 0 Å². The summed E-state index contributed by atoms with van der Waals surface area (Å²) in [6, 6.07) is 8.00. The maximum Gasteiger partial charge on any atom is 0.243 e. The number of rotatable bonds is 3. The third-order valence-corrected chi connectivity index (χ3v) is 3.70. The van der Waals surface area contributed by atoms with Crippen LogP contribution in [-0.2, 0) is 4.79 Å². The smallest absolute Gasteiger partial charge is 0.243 e. The van der Waals surface area contributed by atoms with Crippen LogP contribution in [0.15, 0.2) is 24.3 Å². The van der Waals surface area contributed by atoms with Crippen LogP contribution in [0.2, 0.25) is 0 Å². The van der Waals surface area contributed by atoms with E-state index in [9.17, 15) is 4.79 Å². The summed E-state index contributed by atoms with van der Waals surface area (Å²) in [5, 5.41) is 0. The Kier molecular flexibility index (Phi) is 3.68. The highest BCUT2D eigenvalue weighted by Gasteiger charge is 2.31. The van der Waals surface area contributed by atoms with E-state index in [1.54, 1.807) is 0 Å². The van der Waals surface area contributed by atoms with Crippen LogP contribution in [-0.4, -0.2) is 37.5 Å². The molecule has 18 heavy (non-hydrogen) atoms. The third-order valence-electron chi connectivity index (χ3n) is 3.70. The molecule has 1 heterocycles. The number of para-hydroxylation sites is 1. The van der Waals surface area contributed by atoms with Gasteiger partial charge in [-0.1, -0.05) is 18.2 Å². The Balaban J connectivity index is 2.36. The summed E-state index contributed by atoms with van der Waals surface area (Å²) in [5.74, 6) is 0.0356. The fourth-order valence-corrected chi connectivity index (χ4v) is 2.31. The summed E-state index contributed by atoms with van der Waals surface area (Å²) in [5.41, 5.74) is 7.96. The first kappa shape index (κ1) is 13.1. The molecular weight excluding hydrogens is 226 g/mol. The standard InChI is InChI=1S/C14H21N3O/c1-10(16(2)3)11-6-4-5-7-13(11)17-9-8-12(15)14(17)18/h4-7,10,12H,8-9,15H2,1-3H3/t10-,12+/m1/s1. The molecule has 1 fully saturated rings. The van der Waals surface area contributed by atoms with Gasteiger partial charge in [0, 0.05) is 18.3 Å². The Hall–Kier alpha value is -1.39. The summed E-state index contributed by atoms with van der Waals surface area (Å²) in [7, 11) is 4.08. The maximum absolute atomic E-state index is 12.0. The van der Waals surface area contributed by atoms with Gasteiger partial charge in [-0.2, -0.15) is 0 Å². The second-order valence-electron chi connectivity index (χ2n) is 5.08. The van der Waals surface area contributed by atoms with Gasteiger partial charge in [-0.3, -0.25) is 4.79 Å². The van der Waals surface area contributed by atoms with Gasteiger partial charge in [-0.25, -0.2) is 0 Å². The Morgan fingerprint density at radius 3 is 2.61 bits per heavy atom. The van der Waals surface area contributed by atoms with Crippen molar-refractivity contribution in [1.82, 2.24) is 4.90 Å². The van der Waals surface area contributed by atoms with E-state index in [0.717, 1.165) is 18.7 Å². The lowest BCUT2D eigenvalue weighted by molar-refractivity contribution is -0.118. The maximum atomic E-state index is 12.0. The Labute approximate surface area is 108 Å². The molecule has 1 amide bonds. The second kappa shape index (κ2) is 5.08. The number of amides is 1. The molecule has 0 saturated carbocycles. The number of hydrogen-bond acceptors (Lipinski definition) is 3. The Morgan fingerprint density at radius 2 is 2.06 bits per heavy atom. The fourth-order valence-electron chi connectivity index (χ4n) is 2.31. The second-order valence-corrected chi connectivity index (χ2v) is 5.08. The Bertz CT molecular complexity index is 444. The van der Waals surface area contributed by atoms with Crippen molar-refractivity contribution in [3.8, 4) is 0 Å². The first-order valence-electron chi connectivity index (χ1n) is 6.34. The number of carbonyl (C=O) groups is 1. The highest BCUT2D eigenvalue weighted by molar-refractivity contribution is 5.99. The van der Waals surface area contributed by atoms with Crippen LogP contribution in [0.25, 0.3) is 0 Å². The number of benzene rings is 1. The zero-order valence-electron chi connectivity index (χ0n) is 11.3. The van der Waals surface area contributed by atoms with Crippen LogP contribution in [0.4, 0.5) is 5.69 Å². The summed E-state index contributed by atoms with van der Waals surface area (Å²) < 4.78 is 0. The lowest BCUT2D eigenvalue weighted by Gasteiger charge is -2.26. The molecule has 4 nitrogen and oxygen atoms in total. The molecule has 4 heteroatoms. The monoisotopic (exact) mass is 247 g/mol. The number of anilines is 1. The van der Waals surface area contributed by atoms with Gasteiger partial charge in [-0.15, -0.1) is 0 Å². The lowest BCUT2D eigenvalue weighted by atomic mass is 10.0. The molecule has 2 atom stereocenters. The predicted molar refractivity (Wildman–Crippen MR) is 73.5 cm³/mol. The molecule has 0 bridgehead atoms. The molecule has 0 unspecified atom stereocenters. The van der Waals surface area contributed by atoms with Crippen molar-refractivity contribution < 1.29 is 4.79 Å². The van der Waals surface area contributed by atoms with Gasteiger partial charge in [0.05, 0.1) is 6.04 Å². The quantitative estimate of drug-likeness (QED) is 0.877. The first-order chi connectivity index (χ1) is 8.52. The molecule has 1 aliphatic rings. The molecule has 0 aliphatic carbocycles. The zero-order chi connectivity index (χ0) is 13.3. The van der Waals surface area contributed by atoms with Crippen molar-refractivity contribution in [2.24, 2.45) is 5.73 Å². The van der Waals surface area contributed by atoms with Gasteiger partial charge in [0.2, 0.25) is 5.91 Å². The topological polar surface area (TPSA) is 49.6 Å². The van der Waals surface area contributed by atoms with Crippen molar-refractivity contribution in [3.05, 3.63) is 29.8 Å². The summed E-state index contributed by atoms with van der Waals surface area (Å²) in [4.78, 5) is 16.0. The molecule has 0 aromatic heterocycles. The summed E-state index contributed by atoms with van der Waals surface area (Å²) in [6.45, 7) is 2.86. The Morgan fingerprint density at radius 1 is 1.39 bits per heavy atom. The van der Waals surface area contributed by atoms with E-state index in [2.05, 4.69) is 17.9 Å². The molecule has 1 saturated heterocycles. The molecule has 98 valence electrons. The molecular formula is C14H21N3O. The molecule has 2 N–H and O–H groups in total. The number of hydrogen-bond donors (Lipinski definition) is 1. The van der Waals surface area contributed by atoms with Crippen LogP contribution < -0.4 is 10.6 Å². The highest BCUT2D eigenvalue weighted by atomic mass is 16.2. The average molecular weight is 247 g/mol. The largest absolute Gasteiger partial charge is 0.320 e. The summed E-state index contributed by atoms with van der Waals surface area (Å²) >= 11 is 0. The fraction of sp³-hybridized carbons (Fsp3) is 0.500. The molecule has 0 spiro atoms. The highest BCUT2D eigenvalue weighted by Crippen LogP contribution is 2.31. The van der Waals surface area contributed by atoms with E-state index in [4.69, 9.17) is 5.73 Å². The normalized spacial score (nSPS) is 21.7. The van der Waals surface area contributed by atoms with Crippen molar-refractivity contribution in [3.63, 3.8) is 0 Å². The molecule has 1 aromatic carbocycles. The van der Waals surface area contributed by atoms with Crippen LogP contribution in [0, 0.1) is 0 Å². The zero-order valence-corrected chi connectivity index (χ0v) is 11.3. The van der Waals surface area contributed by atoms with Crippen molar-refractivity contribution in [2.75, 3.05) is 25.5 Å². The minimum absolute atomic E-state index is 0.0356. The lowest BCUT2D eigenvalue weighted by Crippen LogP contribution is -2.35. The van der Waals surface area contributed by atoms with E-state index >= 15 is 0 Å². The predicted octanol–water partition coefficient (Wildman–Crippen LogP) is 1.37. The SMILES string of the molecule is C[C@H](c1ccccc1N1CC[C@H](N)C1=O)N(C)C. The molecule has 1 aliphatic heterocycles. The third kappa shape index (κ3) is 2.26. The van der Waals surface area contributed by atoms with Gasteiger partial charge in [0.1, 0.15) is 0 Å². The van der Waals surface area contributed by atoms with E-state index in [1.807, 2.05) is 37.2 Å². The van der Waals surface area contributed by atoms with Crippen LogP contribution >= 0.6 is 0 Å². The number of nitrogens with zero attached hydrogens (tertiary/aromatic N) is 2.